The maximum absolute atomic E-state index is 13.0. The van der Waals surface area contributed by atoms with Crippen LogP contribution in [0, 0.1) is 5.92 Å². The molecule has 6 rings (SSSR count). The van der Waals surface area contributed by atoms with Crippen LogP contribution >= 0.6 is 11.6 Å². The number of urea groups is 1. The van der Waals surface area contributed by atoms with Gasteiger partial charge in [-0.15, -0.1) is 0 Å². The molecule has 2 aromatic carbocycles. The topological polar surface area (TPSA) is 79.3 Å². The number of carbonyl (C=O) groups excluding carboxylic acids is 2. The van der Waals surface area contributed by atoms with Gasteiger partial charge in [0.2, 0.25) is 0 Å². The molecule has 2 N–H and O–H groups in total. The van der Waals surface area contributed by atoms with Crippen molar-refractivity contribution in [2.24, 2.45) is 5.92 Å². The largest absolute Gasteiger partial charge is 0.322 e. The first-order chi connectivity index (χ1) is 16.0. The number of carbonyl (C=O) groups is 2. The number of halogens is 1. The minimum atomic E-state index is -1.14. The lowest BCUT2D eigenvalue weighted by molar-refractivity contribution is -0.125. The van der Waals surface area contributed by atoms with E-state index < -0.39 is 11.6 Å². The van der Waals surface area contributed by atoms with Gasteiger partial charge in [0.25, 0.3) is 5.91 Å². The van der Waals surface area contributed by atoms with E-state index in [0.717, 1.165) is 34.7 Å². The average Bonchev–Trinajstić information content (AvgIpc) is 3.20. The summed E-state index contributed by atoms with van der Waals surface area (Å²) in [6, 6.07) is 13.3. The van der Waals surface area contributed by atoms with Crippen LogP contribution in [0.4, 0.5) is 4.79 Å². The van der Waals surface area contributed by atoms with Crippen molar-refractivity contribution in [2.45, 2.75) is 38.0 Å². The van der Waals surface area contributed by atoms with E-state index >= 15 is 0 Å². The van der Waals surface area contributed by atoms with Crippen molar-refractivity contribution in [3.63, 3.8) is 0 Å². The Hall–Kier alpha value is -3.16. The van der Waals surface area contributed by atoms with Crippen LogP contribution < -0.4 is 10.6 Å². The molecule has 1 atom stereocenters. The van der Waals surface area contributed by atoms with Crippen LogP contribution in [0.25, 0.3) is 11.1 Å². The van der Waals surface area contributed by atoms with Crippen molar-refractivity contribution in [3.05, 3.63) is 76.6 Å². The Bertz CT molecular complexity index is 1250. The third kappa shape index (κ3) is 3.81. The third-order valence-electron chi connectivity index (χ3n) is 6.85. The van der Waals surface area contributed by atoms with Gasteiger partial charge in [0.05, 0.1) is 6.20 Å². The van der Waals surface area contributed by atoms with Crippen LogP contribution in [0.3, 0.4) is 0 Å². The van der Waals surface area contributed by atoms with Crippen LogP contribution in [-0.4, -0.2) is 33.2 Å². The quantitative estimate of drug-likeness (QED) is 0.549. The molecule has 3 aliphatic rings. The van der Waals surface area contributed by atoms with Crippen molar-refractivity contribution in [2.75, 3.05) is 6.54 Å². The molecule has 1 saturated heterocycles. The lowest BCUT2D eigenvalue weighted by Crippen LogP contribution is -2.51. The molecule has 3 heterocycles. The molecule has 1 aromatic heterocycles. The molecule has 8 heteroatoms. The van der Waals surface area contributed by atoms with Gasteiger partial charge in [-0.3, -0.25) is 19.7 Å². The number of amides is 3. The summed E-state index contributed by atoms with van der Waals surface area (Å²) in [7, 11) is 0. The van der Waals surface area contributed by atoms with Crippen LogP contribution in [-0.2, 0) is 30.0 Å². The molecular weight excluding hydrogens is 438 g/mol. The molecule has 0 radical (unpaired) electrons. The number of benzene rings is 2. The summed E-state index contributed by atoms with van der Waals surface area (Å²) in [6.07, 6.45) is 6.52. The molecule has 0 spiro atoms. The van der Waals surface area contributed by atoms with Gasteiger partial charge in [0.15, 0.2) is 5.54 Å². The fourth-order valence-electron chi connectivity index (χ4n) is 4.90. The number of fused-ring (bicyclic) bond motifs is 1. The number of aromatic nitrogens is 2. The third-order valence-corrected chi connectivity index (χ3v) is 7.08. The molecule has 3 amide bonds. The minimum Gasteiger partial charge on any atom is -0.318 e. The summed E-state index contributed by atoms with van der Waals surface area (Å²) in [5, 5.41) is 10.5. The van der Waals surface area contributed by atoms with Crippen molar-refractivity contribution >= 4 is 23.5 Å². The molecule has 33 heavy (non-hydrogen) atoms. The summed E-state index contributed by atoms with van der Waals surface area (Å²) >= 11 is 6.16. The summed E-state index contributed by atoms with van der Waals surface area (Å²) in [5.41, 5.74) is 4.04. The molecule has 0 bridgehead atoms. The van der Waals surface area contributed by atoms with Crippen molar-refractivity contribution in [1.82, 2.24) is 25.3 Å². The van der Waals surface area contributed by atoms with Gasteiger partial charge in [-0.1, -0.05) is 41.9 Å². The molecule has 0 unspecified atom stereocenters. The minimum absolute atomic E-state index is 0.327. The normalized spacial score (nSPS) is 22.3. The molecule has 2 fully saturated rings. The fraction of sp³-hybridized carbons (Fsp3) is 0.320. The van der Waals surface area contributed by atoms with Crippen LogP contribution in [0.2, 0.25) is 5.02 Å². The second-order valence-corrected chi connectivity index (χ2v) is 9.78. The van der Waals surface area contributed by atoms with E-state index in [1.165, 1.54) is 18.4 Å². The Morgan fingerprint density at radius 2 is 1.82 bits per heavy atom. The van der Waals surface area contributed by atoms with Gasteiger partial charge >= 0.3 is 6.03 Å². The van der Waals surface area contributed by atoms with E-state index in [1.54, 1.807) is 0 Å². The van der Waals surface area contributed by atoms with Gasteiger partial charge < -0.3 is 5.32 Å². The summed E-state index contributed by atoms with van der Waals surface area (Å²) < 4.78 is 2.00. The Kier molecular flexibility index (Phi) is 4.78. The zero-order valence-electron chi connectivity index (χ0n) is 18.1. The molecule has 2 aliphatic heterocycles. The predicted molar refractivity (Wildman–Crippen MR) is 124 cm³/mol. The number of nitrogens with one attached hydrogen (secondary N) is 2. The second kappa shape index (κ2) is 7.71. The molecule has 7 nitrogen and oxygen atoms in total. The number of nitrogens with zero attached hydrogens (tertiary/aromatic N) is 3. The predicted octanol–water partition coefficient (Wildman–Crippen LogP) is 3.66. The highest BCUT2D eigenvalue weighted by molar-refractivity contribution is 6.30. The zero-order chi connectivity index (χ0) is 22.6. The zero-order valence-corrected chi connectivity index (χ0v) is 18.8. The van der Waals surface area contributed by atoms with Crippen molar-refractivity contribution in [1.29, 1.82) is 0 Å². The Balaban J connectivity index is 1.26. The van der Waals surface area contributed by atoms with Gasteiger partial charge in [0.1, 0.15) is 0 Å². The smallest absolute Gasteiger partial charge is 0.318 e. The Labute approximate surface area is 196 Å². The maximum Gasteiger partial charge on any atom is 0.322 e. The lowest BCUT2D eigenvalue weighted by atomic mass is 9.88. The summed E-state index contributed by atoms with van der Waals surface area (Å²) in [5.74, 6) is 0.434. The molecule has 1 saturated carbocycles. The summed E-state index contributed by atoms with van der Waals surface area (Å²) in [6.45, 7) is 2.72. The Morgan fingerprint density at radius 1 is 1.03 bits per heavy atom. The first-order valence-electron chi connectivity index (χ1n) is 11.3. The SMILES string of the molecule is O=C1NC(=O)[C@](CN2Cc3ccc(Cl)cc3C2)(c2ccc(-c3cnn(CC4CC4)c3)cc2)N1. The van der Waals surface area contributed by atoms with E-state index in [0.29, 0.717) is 24.7 Å². The van der Waals surface area contributed by atoms with Gasteiger partial charge in [0, 0.05) is 43.0 Å². The highest BCUT2D eigenvalue weighted by Crippen LogP contribution is 2.34. The Morgan fingerprint density at radius 3 is 2.55 bits per heavy atom. The second-order valence-electron chi connectivity index (χ2n) is 9.34. The van der Waals surface area contributed by atoms with E-state index in [9.17, 15) is 9.59 Å². The first-order valence-corrected chi connectivity index (χ1v) is 11.6. The number of hydrogen-bond donors (Lipinski definition) is 2. The standard InChI is InChI=1S/C25H24ClN5O2/c26-22-8-5-18-12-30(13-19(18)9-22)15-25(23(32)28-24(33)29-25)21-6-3-17(4-7-21)20-10-27-31(14-20)11-16-1-2-16/h3-10,14,16H,1-2,11-13,15H2,(H2,28,29,32,33)/t25-/m0/s1. The van der Waals surface area contributed by atoms with E-state index in [2.05, 4.69) is 26.8 Å². The van der Waals surface area contributed by atoms with Crippen LogP contribution in [0.5, 0.6) is 0 Å². The molecule has 1 aliphatic carbocycles. The van der Waals surface area contributed by atoms with E-state index in [4.69, 9.17) is 11.6 Å². The van der Waals surface area contributed by atoms with Gasteiger partial charge in [-0.25, -0.2) is 4.79 Å². The molecule has 3 aromatic rings. The number of rotatable bonds is 6. The van der Waals surface area contributed by atoms with Crippen molar-refractivity contribution in [3.8, 4) is 11.1 Å². The lowest BCUT2D eigenvalue weighted by Gasteiger charge is -2.31. The highest BCUT2D eigenvalue weighted by atomic mass is 35.5. The van der Waals surface area contributed by atoms with Gasteiger partial charge in [-0.2, -0.15) is 5.10 Å². The number of imide groups is 1. The molecule has 168 valence electrons. The molecular formula is C25H24ClN5O2. The summed E-state index contributed by atoms with van der Waals surface area (Å²) in [4.78, 5) is 27.4. The average molecular weight is 462 g/mol. The maximum atomic E-state index is 13.0. The van der Waals surface area contributed by atoms with Crippen molar-refractivity contribution < 1.29 is 9.59 Å². The monoisotopic (exact) mass is 461 g/mol. The van der Waals surface area contributed by atoms with Gasteiger partial charge in [-0.05, 0) is 53.1 Å². The van der Waals surface area contributed by atoms with Crippen LogP contribution in [0.15, 0.2) is 54.9 Å². The van der Waals surface area contributed by atoms with E-state index in [-0.39, 0.29) is 5.91 Å². The fourth-order valence-corrected chi connectivity index (χ4v) is 5.10. The number of hydrogen-bond acceptors (Lipinski definition) is 4. The highest BCUT2D eigenvalue weighted by Gasteiger charge is 2.49. The van der Waals surface area contributed by atoms with E-state index in [1.807, 2.05) is 53.3 Å². The first kappa shape index (κ1) is 20.4. The van der Waals surface area contributed by atoms with Crippen LogP contribution in [0.1, 0.15) is 29.5 Å².